The zero-order chi connectivity index (χ0) is 20.6. The Morgan fingerprint density at radius 1 is 1.36 bits per heavy atom. The fourth-order valence-electron chi connectivity index (χ4n) is 3.66. The van der Waals surface area contributed by atoms with Crippen LogP contribution < -0.4 is 0 Å². The van der Waals surface area contributed by atoms with E-state index in [2.05, 4.69) is 0 Å². The van der Waals surface area contributed by atoms with Gasteiger partial charge in [0.05, 0.1) is 23.7 Å². The van der Waals surface area contributed by atoms with Crippen LogP contribution in [0.3, 0.4) is 0 Å². The average molecular weight is 409 g/mol. The van der Waals surface area contributed by atoms with Crippen molar-refractivity contribution in [3.63, 3.8) is 0 Å². The number of ether oxygens (including phenoxy) is 1. The molecule has 0 aliphatic carbocycles. The number of carbonyl (C=O) groups is 2. The maximum absolute atomic E-state index is 13.1. The molecule has 0 bridgehead atoms. The Bertz CT molecular complexity index is 838. The molecule has 0 radical (unpaired) electrons. The fourth-order valence-corrected chi connectivity index (χ4v) is 3.87. The summed E-state index contributed by atoms with van der Waals surface area (Å²) in [6, 6.07) is 4.70. The quantitative estimate of drug-likeness (QED) is 0.574. The number of aliphatic hydroxyl groups is 1. The molecule has 3 rings (SSSR count). The molecular formula is C20H25ClN2O5. The largest absolute Gasteiger partial charge is 0.509 e. The number of aliphatic hydroxyl groups excluding tert-OH is 1. The van der Waals surface area contributed by atoms with Crippen LogP contribution in [0, 0.1) is 5.92 Å². The van der Waals surface area contributed by atoms with Gasteiger partial charge in [0, 0.05) is 6.54 Å². The lowest BCUT2D eigenvalue weighted by Gasteiger charge is -2.46. The van der Waals surface area contributed by atoms with E-state index in [4.69, 9.17) is 16.3 Å². The summed E-state index contributed by atoms with van der Waals surface area (Å²) in [4.78, 5) is 25.7. The number of carbonyl (C=O) groups excluding carboxylic acids is 2. The minimum Gasteiger partial charge on any atom is -0.509 e. The van der Waals surface area contributed by atoms with E-state index >= 15 is 0 Å². The van der Waals surface area contributed by atoms with Gasteiger partial charge in [-0.05, 0) is 43.4 Å². The van der Waals surface area contributed by atoms with E-state index in [-0.39, 0.29) is 41.2 Å². The number of phenolic OH excluding ortho intramolecular Hbond substituents is 1. The Hall–Kier alpha value is -2.25. The minimum absolute atomic E-state index is 0.0445. The van der Waals surface area contributed by atoms with Crippen LogP contribution >= 0.6 is 11.6 Å². The van der Waals surface area contributed by atoms with Gasteiger partial charge in [-0.3, -0.25) is 9.80 Å². The van der Waals surface area contributed by atoms with Gasteiger partial charge in [-0.15, -0.1) is 0 Å². The molecule has 1 aromatic rings. The van der Waals surface area contributed by atoms with Crippen molar-refractivity contribution in [2.75, 3.05) is 13.2 Å². The molecule has 2 heterocycles. The average Bonchev–Trinajstić information content (AvgIpc) is 3.03. The van der Waals surface area contributed by atoms with Gasteiger partial charge in [-0.25, -0.2) is 9.80 Å². The van der Waals surface area contributed by atoms with Gasteiger partial charge in [0.1, 0.15) is 11.5 Å². The first-order valence-corrected chi connectivity index (χ1v) is 9.70. The molecule has 1 atom stereocenters. The summed E-state index contributed by atoms with van der Waals surface area (Å²) in [6.07, 6.45) is 1.38. The third-order valence-corrected chi connectivity index (χ3v) is 5.49. The molecule has 0 aromatic heterocycles. The number of fused-ring (bicyclic) bond motifs is 1. The third-order valence-electron chi connectivity index (χ3n) is 5.19. The van der Waals surface area contributed by atoms with Crippen LogP contribution in [-0.2, 0) is 20.9 Å². The molecule has 1 aromatic carbocycles. The predicted molar refractivity (Wildman–Crippen MR) is 103 cm³/mol. The third kappa shape index (κ3) is 3.56. The highest BCUT2D eigenvalue weighted by molar-refractivity contribution is 6.32. The molecule has 1 amide bonds. The van der Waals surface area contributed by atoms with E-state index in [0.29, 0.717) is 18.5 Å². The smallest absolute Gasteiger partial charge is 0.347 e. The number of esters is 1. The molecule has 8 heteroatoms. The van der Waals surface area contributed by atoms with Crippen molar-refractivity contribution in [3.8, 4) is 5.75 Å². The Balaban J connectivity index is 1.96. The van der Waals surface area contributed by atoms with Crippen molar-refractivity contribution in [2.45, 2.75) is 45.7 Å². The van der Waals surface area contributed by atoms with Gasteiger partial charge in [-0.1, -0.05) is 31.5 Å². The Kier molecular flexibility index (Phi) is 5.59. The van der Waals surface area contributed by atoms with E-state index in [1.54, 1.807) is 17.1 Å². The fraction of sp³-hybridized carbons (Fsp3) is 0.500. The number of phenols is 1. The normalized spacial score (nSPS) is 22.8. The van der Waals surface area contributed by atoms with Crippen molar-refractivity contribution in [3.05, 3.63) is 40.1 Å². The van der Waals surface area contributed by atoms with Crippen LogP contribution in [-0.4, -0.2) is 50.8 Å². The number of hydrazine groups is 1. The highest BCUT2D eigenvalue weighted by Crippen LogP contribution is 2.42. The van der Waals surface area contributed by atoms with Crippen LogP contribution in [0.4, 0.5) is 0 Å². The van der Waals surface area contributed by atoms with Crippen LogP contribution in [0.2, 0.25) is 5.02 Å². The van der Waals surface area contributed by atoms with Crippen molar-refractivity contribution in [2.24, 2.45) is 5.92 Å². The maximum atomic E-state index is 13.1. The number of rotatable bonds is 5. The topological polar surface area (TPSA) is 90.3 Å². The molecular weight excluding hydrogens is 384 g/mol. The van der Waals surface area contributed by atoms with Gasteiger partial charge in [0.25, 0.3) is 5.91 Å². The second kappa shape index (κ2) is 7.64. The Morgan fingerprint density at radius 3 is 2.71 bits per heavy atom. The number of nitrogens with zero attached hydrogens (tertiary/aromatic N) is 2. The molecule has 7 nitrogen and oxygen atoms in total. The maximum Gasteiger partial charge on any atom is 0.347 e. The SMILES string of the molecule is CC(C)COC(=O)C1=C(O)C2(C)CCCN2N(Cc2ccc(O)c(Cl)c2)C1=O. The zero-order valence-electron chi connectivity index (χ0n) is 16.2. The first kappa shape index (κ1) is 20.5. The number of amides is 1. The molecule has 1 unspecified atom stereocenters. The van der Waals surface area contributed by atoms with E-state index in [1.165, 1.54) is 11.1 Å². The number of hydrogen-bond acceptors (Lipinski definition) is 6. The molecule has 152 valence electrons. The summed E-state index contributed by atoms with van der Waals surface area (Å²) in [5.74, 6) is -1.58. The van der Waals surface area contributed by atoms with E-state index < -0.39 is 17.4 Å². The van der Waals surface area contributed by atoms with Gasteiger partial charge < -0.3 is 14.9 Å². The standard InChI is InChI=1S/C20H25ClN2O5/c1-12(2)11-28-19(27)16-17(25)20(3)7-4-8-23(20)22(18(16)26)10-13-5-6-15(24)14(21)9-13/h5-6,9,12,24-25H,4,7-8,10-11H2,1-3H3. The van der Waals surface area contributed by atoms with Gasteiger partial charge in [-0.2, -0.15) is 0 Å². The van der Waals surface area contributed by atoms with Crippen molar-refractivity contribution >= 4 is 23.5 Å². The lowest BCUT2D eigenvalue weighted by Crippen LogP contribution is -2.60. The Labute approximate surface area is 169 Å². The van der Waals surface area contributed by atoms with E-state index in [1.807, 2.05) is 20.8 Å². The summed E-state index contributed by atoms with van der Waals surface area (Å²) in [5.41, 5.74) is -0.464. The van der Waals surface area contributed by atoms with Crippen molar-refractivity contribution in [1.82, 2.24) is 10.0 Å². The molecule has 1 fully saturated rings. The van der Waals surface area contributed by atoms with Gasteiger partial charge in [0.15, 0.2) is 5.57 Å². The van der Waals surface area contributed by atoms with Crippen molar-refractivity contribution < 1.29 is 24.5 Å². The van der Waals surface area contributed by atoms with Crippen LogP contribution in [0.5, 0.6) is 5.75 Å². The monoisotopic (exact) mass is 408 g/mol. The number of halogens is 1. The summed E-state index contributed by atoms with van der Waals surface area (Å²) in [7, 11) is 0. The Morgan fingerprint density at radius 2 is 2.07 bits per heavy atom. The van der Waals surface area contributed by atoms with Gasteiger partial charge >= 0.3 is 5.97 Å². The molecule has 2 aliphatic heterocycles. The summed E-state index contributed by atoms with van der Waals surface area (Å²) < 4.78 is 5.23. The molecule has 2 N–H and O–H groups in total. The first-order chi connectivity index (χ1) is 13.1. The summed E-state index contributed by atoms with van der Waals surface area (Å²) in [5, 5.41) is 23.9. The molecule has 28 heavy (non-hydrogen) atoms. The second-order valence-corrected chi connectivity index (χ2v) is 8.27. The first-order valence-electron chi connectivity index (χ1n) is 9.33. The number of benzene rings is 1. The van der Waals surface area contributed by atoms with Gasteiger partial charge in [0.2, 0.25) is 0 Å². The zero-order valence-corrected chi connectivity index (χ0v) is 17.0. The van der Waals surface area contributed by atoms with Crippen molar-refractivity contribution in [1.29, 1.82) is 0 Å². The molecule has 1 saturated heterocycles. The highest BCUT2D eigenvalue weighted by atomic mass is 35.5. The van der Waals surface area contributed by atoms with E-state index in [9.17, 15) is 19.8 Å². The van der Waals surface area contributed by atoms with Crippen LogP contribution in [0.1, 0.15) is 39.2 Å². The molecule has 0 spiro atoms. The number of hydrogen-bond donors (Lipinski definition) is 2. The second-order valence-electron chi connectivity index (χ2n) is 7.87. The lowest BCUT2D eigenvalue weighted by atomic mass is 9.91. The lowest BCUT2D eigenvalue weighted by molar-refractivity contribution is -0.164. The molecule has 2 aliphatic rings. The summed E-state index contributed by atoms with van der Waals surface area (Å²) >= 11 is 5.99. The molecule has 0 saturated carbocycles. The van der Waals surface area contributed by atoms with E-state index in [0.717, 1.165) is 6.42 Å². The van der Waals surface area contributed by atoms with Crippen LogP contribution in [0.15, 0.2) is 29.5 Å². The predicted octanol–water partition coefficient (Wildman–Crippen LogP) is 3.17. The summed E-state index contributed by atoms with van der Waals surface area (Å²) in [6.45, 7) is 6.50. The number of aromatic hydroxyl groups is 1. The minimum atomic E-state index is -0.846. The highest BCUT2D eigenvalue weighted by Gasteiger charge is 2.53. The van der Waals surface area contributed by atoms with Crippen LogP contribution in [0.25, 0.3) is 0 Å².